The molecule has 0 unspecified atom stereocenters. The average Bonchev–Trinajstić information content (AvgIpc) is 3.61. The second-order valence-electron chi connectivity index (χ2n) is 10.7. The van der Waals surface area contributed by atoms with Crippen LogP contribution in [0, 0.1) is 0 Å². The average molecular weight is 561 g/mol. The lowest BCUT2D eigenvalue weighted by Crippen LogP contribution is -1.95. The zero-order chi connectivity index (χ0) is 29.1. The number of nitrogens with zero attached hydrogens (tertiary/aromatic N) is 2. The van der Waals surface area contributed by atoms with E-state index in [2.05, 4.69) is 82.1 Å². The molecule has 0 amide bonds. The first kappa shape index (κ1) is 25.1. The van der Waals surface area contributed by atoms with Gasteiger partial charge in [-0.15, -0.1) is 0 Å². The Hall–Kier alpha value is -5.68. The standard InChI is InChI=1S/C38H28N2O3/c1-42-26-17-19-33-30(21-26)32(23-39(33)24-11-5-3-6-12-24)36-35-31-22-27(43-2)18-20-34(31)40(25-13-7-4-8-14-25)37(35)28-15-9-10-16-29(28)38(36)41/h3-23,41H,1-2H3. The van der Waals surface area contributed by atoms with Crippen LogP contribution in [0.25, 0.3) is 66.0 Å². The number of methoxy groups -OCH3 is 2. The zero-order valence-corrected chi connectivity index (χ0v) is 23.8. The van der Waals surface area contributed by atoms with Crippen LogP contribution in [-0.2, 0) is 0 Å². The number of rotatable bonds is 5. The highest BCUT2D eigenvalue weighted by Gasteiger charge is 2.26. The molecule has 6 aromatic carbocycles. The number of benzene rings is 6. The Morgan fingerprint density at radius 3 is 1.81 bits per heavy atom. The molecule has 0 atom stereocenters. The third-order valence-electron chi connectivity index (χ3n) is 8.43. The molecule has 8 aromatic rings. The number of phenols is 1. The van der Waals surface area contributed by atoms with E-state index < -0.39 is 0 Å². The second kappa shape index (κ2) is 9.71. The summed E-state index contributed by atoms with van der Waals surface area (Å²) in [5.74, 6) is 1.75. The van der Waals surface area contributed by atoms with E-state index >= 15 is 0 Å². The van der Waals surface area contributed by atoms with Gasteiger partial charge in [-0.3, -0.25) is 0 Å². The van der Waals surface area contributed by atoms with Crippen molar-refractivity contribution >= 4 is 43.5 Å². The van der Waals surface area contributed by atoms with E-state index in [-0.39, 0.29) is 5.75 Å². The van der Waals surface area contributed by atoms with Gasteiger partial charge in [-0.2, -0.15) is 0 Å². The van der Waals surface area contributed by atoms with Gasteiger partial charge in [0.15, 0.2) is 0 Å². The van der Waals surface area contributed by atoms with Gasteiger partial charge in [-0.1, -0.05) is 60.7 Å². The molecule has 0 saturated heterocycles. The van der Waals surface area contributed by atoms with Gasteiger partial charge in [-0.05, 0) is 60.7 Å². The minimum Gasteiger partial charge on any atom is -0.507 e. The number of aromatic hydroxyl groups is 1. The fourth-order valence-electron chi connectivity index (χ4n) is 6.50. The maximum Gasteiger partial charge on any atom is 0.132 e. The van der Waals surface area contributed by atoms with Crippen LogP contribution in [0.1, 0.15) is 0 Å². The third kappa shape index (κ3) is 3.71. The van der Waals surface area contributed by atoms with Crippen LogP contribution in [0.3, 0.4) is 0 Å². The van der Waals surface area contributed by atoms with Crippen molar-refractivity contribution in [3.63, 3.8) is 0 Å². The van der Waals surface area contributed by atoms with Crippen LogP contribution in [0.2, 0.25) is 0 Å². The van der Waals surface area contributed by atoms with E-state index in [1.807, 2.05) is 54.6 Å². The summed E-state index contributed by atoms with van der Waals surface area (Å²) < 4.78 is 15.9. The molecule has 0 spiro atoms. The van der Waals surface area contributed by atoms with Gasteiger partial charge in [-0.25, -0.2) is 0 Å². The second-order valence-corrected chi connectivity index (χ2v) is 10.7. The van der Waals surface area contributed by atoms with Crippen LogP contribution in [0.5, 0.6) is 17.2 Å². The normalized spacial score (nSPS) is 11.6. The van der Waals surface area contributed by atoms with Gasteiger partial charge < -0.3 is 23.7 Å². The highest BCUT2D eigenvalue weighted by molar-refractivity contribution is 6.28. The maximum atomic E-state index is 12.3. The Morgan fingerprint density at radius 1 is 0.558 bits per heavy atom. The molecule has 1 N–H and O–H groups in total. The predicted octanol–water partition coefficient (Wildman–Crippen LogP) is 9.27. The molecular weight excluding hydrogens is 532 g/mol. The molecule has 0 aliphatic heterocycles. The molecule has 2 aromatic heterocycles. The number of para-hydroxylation sites is 2. The van der Waals surface area contributed by atoms with Crippen molar-refractivity contribution in [2.24, 2.45) is 0 Å². The summed E-state index contributed by atoms with van der Waals surface area (Å²) in [6, 6.07) is 41.0. The summed E-state index contributed by atoms with van der Waals surface area (Å²) >= 11 is 0. The van der Waals surface area contributed by atoms with Crippen LogP contribution in [0.4, 0.5) is 0 Å². The highest BCUT2D eigenvalue weighted by Crippen LogP contribution is 2.50. The molecule has 0 aliphatic carbocycles. The number of phenolic OH excluding ortho intramolecular Hbond substituents is 1. The Morgan fingerprint density at radius 2 is 1.14 bits per heavy atom. The first-order valence-corrected chi connectivity index (χ1v) is 14.2. The topological polar surface area (TPSA) is 48.5 Å². The Labute approximate surface area is 248 Å². The number of fused-ring (bicyclic) bond motifs is 6. The van der Waals surface area contributed by atoms with Gasteiger partial charge in [0.1, 0.15) is 17.2 Å². The molecule has 5 nitrogen and oxygen atoms in total. The molecule has 5 heteroatoms. The first-order valence-electron chi connectivity index (χ1n) is 14.2. The third-order valence-corrected chi connectivity index (χ3v) is 8.43. The van der Waals surface area contributed by atoms with Crippen LogP contribution < -0.4 is 9.47 Å². The van der Waals surface area contributed by atoms with Crippen molar-refractivity contribution < 1.29 is 14.6 Å². The van der Waals surface area contributed by atoms with Crippen LogP contribution >= 0.6 is 0 Å². The van der Waals surface area contributed by atoms with Crippen molar-refractivity contribution in [1.82, 2.24) is 9.13 Å². The lowest BCUT2D eigenvalue weighted by Gasteiger charge is -2.14. The smallest absolute Gasteiger partial charge is 0.132 e. The van der Waals surface area contributed by atoms with Crippen molar-refractivity contribution in [2.75, 3.05) is 14.2 Å². The van der Waals surface area contributed by atoms with Gasteiger partial charge in [0, 0.05) is 55.6 Å². The number of hydrogen-bond donors (Lipinski definition) is 1. The lowest BCUT2D eigenvalue weighted by atomic mass is 9.93. The SMILES string of the molecule is COc1ccc2c(c1)c(-c1c(O)c3ccccc3c3c1c1cc(OC)ccc1n3-c1ccccc1)cn2-c1ccccc1. The molecule has 208 valence electrons. The summed E-state index contributed by atoms with van der Waals surface area (Å²) in [4.78, 5) is 0. The molecule has 43 heavy (non-hydrogen) atoms. The molecule has 0 radical (unpaired) electrons. The van der Waals surface area contributed by atoms with Crippen LogP contribution in [-0.4, -0.2) is 28.5 Å². The van der Waals surface area contributed by atoms with Gasteiger partial charge in [0.25, 0.3) is 0 Å². The number of ether oxygens (including phenoxy) is 2. The minimum atomic E-state index is 0.243. The van der Waals surface area contributed by atoms with Crippen molar-refractivity contribution in [2.45, 2.75) is 0 Å². The zero-order valence-electron chi connectivity index (χ0n) is 23.8. The summed E-state index contributed by atoms with van der Waals surface area (Å²) in [6.45, 7) is 0. The predicted molar refractivity (Wildman–Crippen MR) is 175 cm³/mol. The van der Waals surface area contributed by atoms with Crippen molar-refractivity contribution in [3.05, 3.63) is 128 Å². The monoisotopic (exact) mass is 560 g/mol. The van der Waals surface area contributed by atoms with Gasteiger partial charge >= 0.3 is 0 Å². The lowest BCUT2D eigenvalue weighted by molar-refractivity contribution is 0.415. The van der Waals surface area contributed by atoms with E-state index in [1.54, 1.807) is 14.2 Å². The fraction of sp³-hybridized carbons (Fsp3) is 0.0526. The largest absolute Gasteiger partial charge is 0.507 e. The summed E-state index contributed by atoms with van der Waals surface area (Å²) in [6.07, 6.45) is 2.13. The van der Waals surface area contributed by atoms with E-state index in [0.29, 0.717) is 0 Å². The van der Waals surface area contributed by atoms with E-state index in [0.717, 1.165) is 77.5 Å². The quantitative estimate of drug-likeness (QED) is 0.228. The number of aromatic nitrogens is 2. The van der Waals surface area contributed by atoms with Gasteiger partial charge in [0.2, 0.25) is 0 Å². The Balaban J connectivity index is 1.62. The molecule has 0 fully saturated rings. The maximum absolute atomic E-state index is 12.3. The molecule has 8 rings (SSSR count). The summed E-state index contributed by atoms with van der Waals surface area (Å²) in [5.41, 5.74) is 6.85. The molecule has 0 saturated carbocycles. The van der Waals surface area contributed by atoms with Crippen molar-refractivity contribution in [3.8, 4) is 39.8 Å². The van der Waals surface area contributed by atoms with Crippen molar-refractivity contribution in [1.29, 1.82) is 0 Å². The highest BCUT2D eigenvalue weighted by atomic mass is 16.5. The molecule has 2 heterocycles. The summed E-state index contributed by atoms with van der Waals surface area (Å²) in [5, 5.41) is 17.0. The Bertz CT molecular complexity index is 2320. The van der Waals surface area contributed by atoms with Crippen LogP contribution in [0.15, 0.2) is 128 Å². The minimum absolute atomic E-state index is 0.243. The van der Waals surface area contributed by atoms with E-state index in [4.69, 9.17) is 9.47 Å². The fourth-order valence-corrected chi connectivity index (χ4v) is 6.50. The molecular formula is C38H28N2O3. The number of hydrogen-bond acceptors (Lipinski definition) is 3. The Kier molecular flexibility index (Phi) is 5.66. The van der Waals surface area contributed by atoms with E-state index in [9.17, 15) is 5.11 Å². The van der Waals surface area contributed by atoms with E-state index in [1.165, 1.54) is 0 Å². The molecule has 0 aliphatic rings. The van der Waals surface area contributed by atoms with Gasteiger partial charge in [0.05, 0.1) is 30.8 Å². The molecule has 0 bridgehead atoms. The first-order chi connectivity index (χ1) is 21.2. The summed E-state index contributed by atoms with van der Waals surface area (Å²) in [7, 11) is 3.37.